The fourth-order valence-electron chi connectivity index (χ4n) is 3.42. The molecule has 2 saturated heterocycles. The molecular weight excluding hydrogens is 336 g/mol. The van der Waals surface area contributed by atoms with Crippen molar-refractivity contribution in [1.29, 1.82) is 0 Å². The number of ether oxygens (including phenoxy) is 1. The van der Waals surface area contributed by atoms with Crippen molar-refractivity contribution in [3.63, 3.8) is 0 Å². The zero-order chi connectivity index (χ0) is 18.7. The average molecular weight is 358 g/mol. The first-order valence-corrected chi connectivity index (χ1v) is 8.81. The number of benzene rings is 1. The van der Waals surface area contributed by atoms with Crippen LogP contribution in [0.2, 0.25) is 0 Å². The quantitative estimate of drug-likeness (QED) is 0.741. The Morgan fingerprint density at radius 2 is 1.92 bits per heavy atom. The van der Waals surface area contributed by atoms with E-state index in [2.05, 4.69) is 0 Å². The number of carbonyl (C=O) groups excluding carboxylic acids is 4. The van der Waals surface area contributed by atoms with Gasteiger partial charge in [0.2, 0.25) is 11.8 Å². The molecule has 2 aliphatic rings. The van der Waals surface area contributed by atoms with Crippen LogP contribution >= 0.6 is 0 Å². The van der Waals surface area contributed by atoms with Crippen LogP contribution in [0.15, 0.2) is 30.3 Å². The highest BCUT2D eigenvalue weighted by Gasteiger charge is 2.38. The molecule has 1 aromatic carbocycles. The first-order chi connectivity index (χ1) is 12.5. The summed E-state index contributed by atoms with van der Waals surface area (Å²) in [5.41, 5.74) is 0.998. The van der Waals surface area contributed by atoms with Gasteiger partial charge in [0.1, 0.15) is 0 Å². The largest absolute Gasteiger partial charge is 0.455 e. The lowest BCUT2D eigenvalue weighted by Crippen LogP contribution is -2.36. The molecule has 3 amide bonds. The van der Waals surface area contributed by atoms with Crippen molar-refractivity contribution in [3.05, 3.63) is 35.9 Å². The van der Waals surface area contributed by atoms with Gasteiger partial charge in [-0.05, 0) is 18.9 Å². The van der Waals surface area contributed by atoms with Crippen molar-refractivity contribution in [2.45, 2.75) is 32.2 Å². The van der Waals surface area contributed by atoms with Gasteiger partial charge in [0, 0.05) is 25.9 Å². The van der Waals surface area contributed by atoms with Crippen molar-refractivity contribution >= 4 is 23.7 Å². The van der Waals surface area contributed by atoms with Crippen LogP contribution in [0.1, 0.15) is 37.8 Å². The maximum absolute atomic E-state index is 12.3. The standard InChI is InChI=1S/C19H22N2O5/c1-13(14-6-3-2-4-7-14)21-11-15(10-17(21)23)19(25)26-12-18(24)20-9-5-8-16(20)22/h2-4,6-7,13,15H,5,8-12H2,1H3/t13-,15-/m1/s1. The summed E-state index contributed by atoms with van der Waals surface area (Å²) < 4.78 is 5.07. The Morgan fingerprint density at radius 3 is 2.58 bits per heavy atom. The second-order valence-corrected chi connectivity index (χ2v) is 6.68. The van der Waals surface area contributed by atoms with Crippen molar-refractivity contribution in [3.8, 4) is 0 Å². The lowest BCUT2D eigenvalue weighted by Gasteiger charge is -2.25. The number of esters is 1. The van der Waals surface area contributed by atoms with E-state index in [0.29, 0.717) is 19.4 Å². The summed E-state index contributed by atoms with van der Waals surface area (Å²) in [6.45, 7) is 2.11. The molecule has 7 heteroatoms. The molecule has 0 spiro atoms. The van der Waals surface area contributed by atoms with Crippen molar-refractivity contribution in [1.82, 2.24) is 9.80 Å². The molecule has 2 atom stereocenters. The number of nitrogens with zero attached hydrogens (tertiary/aromatic N) is 2. The maximum Gasteiger partial charge on any atom is 0.311 e. The summed E-state index contributed by atoms with van der Waals surface area (Å²) in [5, 5.41) is 0. The van der Waals surface area contributed by atoms with Crippen LogP contribution in [0.25, 0.3) is 0 Å². The van der Waals surface area contributed by atoms with Gasteiger partial charge in [-0.3, -0.25) is 24.1 Å². The summed E-state index contributed by atoms with van der Waals surface area (Å²) in [6, 6.07) is 9.47. The molecular formula is C19H22N2O5. The average Bonchev–Trinajstić information content (AvgIpc) is 3.25. The molecule has 0 radical (unpaired) electrons. The van der Waals surface area contributed by atoms with E-state index in [9.17, 15) is 19.2 Å². The minimum Gasteiger partial charge on any atom is -0.455 e. The summed E-state index contributed by atoms with van der Waals surface area (Å²) in [6.07, 6.45) is 1.07. The molecule has 0 N–H and O–H groups in total. The number of likely N-dealkylation sites (tertiary alicyclic amines) is 2. The van der Waals surface area contributed by atoms with E-state index in [4.69, 9.17) is 4.74 Å². The lowest BCUT2D eigenvalue weighted by atomic mass is 10.1. The van der Waals surface area contributed by atoms with Gasteiger partial charge in [-0.1, -0.05) is 30.3 Å². The van der Waals surface area contributed by atoms with Gasteiger partial charge in [-0.2, -0.15) is 0 Å². The molecule has 26 heavy (non-hydrogen) atoms. The van der Waals surface area contributed by atoms with Crippen molar-refractivity contribution in [2.24, 2.45) is 5.92 Å². The Labute approximate surface area is 151 Å². The van der Waals surface area contributed by atoms with E-state index in [1.807, 2.05) is 37.3 Å². The Morgan fingerprint density at radius 1 is 1.19 bits per heavy atom. The Hall–Kier alpha value is -2.70. The second-order valence-electron chi connectivity index (χ2n) is 6.68. The molecule has 138 valence electrons. The third kappa shape index (κ3) is 3.76. The topological polar surface area (TPSA) is 84.0 Å². The molecule has 2 aliphatic heterocycles. The summed E-state index contributed by atoms with van der Waals surface area (Å²) >= 11 is 0. The third-order valence-electron chi connectivity index (χ3n) is 4.95. The van der Waals surface area contributed by atoms with E-state index in [-0.39, 0.29) is 30.8 Å². The fourth-order valence-corrected chi connectivity index (χ4v) is 3.42. The molecule has 0 bridgehead atoms. The summed E-state index contributed by atoms with van der Waals surface area (Å²) in [4.78, 5) is 50.8. The number of amides is 3. The monoisotopic (exact) mass is 358 g/mol. The smallest absolute Gasteiger partial charge is 0.311 e. The number of carbonyl (C=O) groups is 4. The Bertz CT molecular complexity index is 718. The normalized spacial score (nSPS) is 21.2. The first kappa shape index (κ1) is 18.1. The highest BCUT2D eigenvalue weighted by Crippen LogP contribution is 2.29. The number of hydrogen-bond acceptors (Lipinski definition) is 5. The van der Waals surface area contributed by atoms with Gasteiger partial charge in [0.05, 0.1) is 12.0 Å². The molecule has 0 aromatic heterocycles. The zero-order valence-electron chi connectivity index (χ0n) is 14.7. The van der Waals surface area contributed by atoms with E-state index >= 15 is 0 Å². The van der Waals surface area contributed by atoms with Crippen LogP contribution in [0, 0.1) is 5.92 Å². The number of hydrogen-bond donors (Lipinski definition) is 0. The van der Waals surface area contributed by atoms with Crippen LogP contribution in [-0.4, -0.2) is 53.2 Å². The Balaban J connectivity index is 1.54. The molecule has 1 aromatic rings. The molecule has 7 nitrogen and oxygen atoms in total. The number of imide groups is 1. The lowest BCUT2D eigenvalue weighted by molar-refractivity contribution is -0.157. The van der Waals surface area contributed by atoms with Gasteiger partial charge in [0.15, 0.2) is 6.61 Å². The molecule has 0 aliphatic carbocycles. The van der Waals surface area contributed by atoms with Gasteiger partial charge < -0.3 is 9.64 Å². The molecule has 0 unspecified atom stereocenters. The van der Waals surface area contributed by atoms with E-state index in [0.717, 1.165) is 10.5 Å². The number of rotatable bonds is 5. The summed E-state index contributed by atoms with van der Waals surface area (Å²) in [5.74, 6) is -1.99. The van der Waals surface area contributed by atoms with Crippen LogP contribution in [0.5, 0.6) is 0 Å². The Kier molecular flexibility index (Phi) is 5.35. The molecule has 3 rings (SSSR count). The van der Waals surface area contributed by atoms with Crippen LogP contribution in [0.4, 0.5) is 0 Å². The van der Waals surface area contributed by atoms with E-state index < -0.39 is 24.4 Å². The third-order valence-corrected chi connectivity index (χ3v) is 4.95. The predicted octanol–water partition coefficient (Wildman–Crippen LogP) is 1.29. The molecule has 2 heterocycles. The molecule has 0 saturated carbocycles. The SMILES string of the molecule is C[C@H](c1ccccc1)N1C[C@H](C(=O)OCC(=O)N2CCCC2=O)CC1=O. The second kappa shape index (κ2) is 7.68. The maximum atomic E-state index is 12.3. The minimum atomic E-state index is -0.587. The van der Waals surface area contributed by atoms with Gasteiger partial charge in [-0.25, -0.2) is 0 Å². The molecule has 2 fully saturated rings. The van der Waals surface area contributed by atoms with Crippen LogP contribution in [0.3, 0.4) is 0 Å². The first-order valence-electron chi connectivity index (χ1n) is 8.81. The van der Waals surface area contributed by atoms with Crippen LogP contribution in [-0.2, 0) is 23.9 Å². The van der Waals surface area contributed by atoms with Gasteiger partial charge >= 0.3 is 5.97 Å². The zero-order valence-corrected chi connectivity index (χ0v) is 14.7. The summed E-state index contributed by atoms with van der Waals surface area (Å²) in [7, 11) is 0. The minimum absolute atomic E-state index is 0.0762. The van der Waals surface area contributed by atoms with Crippen molar-refractivity contribution in [2.75, 3.05) is 19.7 Å². The van der Waals surface area contributed by atoms with Crippen LogP contribution < -0.4 is 0 Å². The van der Waals surface area contributed by atoms with Gasteiger partial charge in [0.25, 0.3) is 5.91 Å². The highest BCUT2D eigenvalue weighted by molar-refractivity contribution is 5.98. The predicted molar refractivity (Wildman–Crippen MR) is 91.6 cm³/mol. The van der Waals surface area contributed by atoms with E-state index in [1.54, 1.807) is 4.90 Å². The van der Waals surface area contributed by atoms with Gasteiger partial charge in [-0.15, -0.1) is 0 Å². The highest BCUT2D eigenvalue weighted by atomic mass is 16.5. The van der Waals surface area contributed by atoms with E-state index in [1.165, 1.54) is 0 Å². The van der Waals surface area contributed by atoms with Crippen molar-refractivity contribution < 1.29 is 23.9 Å². The fraction of sp³-hybridized carbons (Fsp3) is 0.474.